The fourth-order valence-electron chi connectivity index (χ4n) is 2.09. The van der Waals surface area contributed by atoms with Gasteiger partial charge in [-0.15, -0.1) is 11.3 Å². The minimum atomic E-state index is -3.65. The number of anilines is 1. The summed E-state index contributed by atoms with van der Waals surface area (Å²) in [5.41, 5.74) is 0.854. The number of aryl methyl sites for hydroxylation is 2. The molecular weight excluding hydrogens is 308 g/mol. The van der Waals surface area contributed by atoms with Crippen molar-refractivity contribution in [3.05, 3.63) is 33.9 Å². The Morgan fingerprint density at radius 2 is 2.05 bits per heavy atom. The normalized spacial score (nSPS) is 13.1. The molecule has 6 nitrogen and oxygen atoms in total. The van der Waals surface area contributed by atoms with Crippen LogP contribution < -0.4 is 10.0 Å². The number of aromatic nitrogens is 2. The second-order valence-electron chi connectivity index (χ2n) is 4.63. The van der Waals surface area contributed by atoms with Gasteiger partial charge in [0, 0.05) is 18.1 Å². The molecule has 0 aliphatic carbocycles. The average Bonchev–Trinajstić information content (AvgIpc) is 2.77. The van der Waals surface area contributed by atoms with E-state index in [0.717, 1.165) is 15.6 Å². The molecule has 0 spiro atoms. The molecule has 2 N–H and O–H groups in total. The van der Waals surface area contributed by atoms with Gasteiger partial charge in [-0.25, -0.2) is 23.1 Å². The molecule has 8 heteroatoms. The van der Waals surface area contributed by atoms with Gasteiger partial charge in [-0.1, -0.05) is 0 Å². The number of hydrogen-bond acceptors (Lipinski definition) is 6. The molecule has 0 bridgehead atoms. The smallest absolute Gasteiger partial charge is 0.244 e. The average molecular weight is 326 g/mol. The van der Waals surface area contributed by atoms with Crippen molar-refractivity contribution in [2.75, 3.05) is 12.4 Å². The van der Waals surface area contributed by atoms with Crippen molar-refractivity contribution >= 4 is 27.2 Å². The lowest BCUT2D eigenvalue weighted by Crippen LogP contribution is -2.27. The van der Waals surface area contributed by atoms with Crippen LogP contribution in [0.4, 0.5) is 5.82 Å². The Morgan fingerprint density at radius 3 is 2.62 bits per heavy atom. The summed E-state index contributed by atoms with van der Waals surface area (Å²) in [5.74, 6) is 0.328. The molecule has 0 amide bonds. The fourth-order valence-corrected chi connectivity index (χ4v) is 4.48. The first kappa shape index (κ1) is 15.9. The monoisotopic (exact) mass is 326 g/mol. The molecule has 0 aliphatic rings. The first-order valence-electron chi connectivity index (χ1n) is 6.44. The SMILES string of the molecule is CNc1ncccc1S(=O)(=O)NC(C)c1sc(C)nc1C. The standard InChI is InChI=1S/C13H18N4O2S2/c1-8-12(20-10(3)16-8)9(2)17-21(18,19)11-6-5-7-15-13(11)14-4/h5-7,9,17H,1-4H3,(H,14,15). The Morgan fingerprint density at radius 1 is 1.33 bits per heavy atom. The maximum atomic E-state index is 12.5. The van der Waals surface area contributed by atoms with E-state index in [1.54, 1.807) is 19.3 Å². The van der Waals surface area contributed by atoms with E-state index in [-0.39, 0.29) is 10.9 Å². The van der Waals surface area contributed by atoms with Crippen LogP contribution in [0, 0.1) is 13.8 Å². The van der Waals surface area contributed by atoms with Crippen LogP contribution in [-0.4, -0.2) is 25.4 Å². The maximum absolute atomic E-state index is 12.5. The summed E-state index contributed by atoms with van der Waals surface area (Å²) >= 11 is 1.50. The van der Waals surface area contributed by atoms with E-state index in [2.05, 4.69) is 20.0 Å². The summed E-state index contributed by atoms with van der Waals surface area (Å²) in [5, 5.41) is 3.71. The molecule has 1 atom stereocenters. The first-order valence-corrected chi connectivity index (χ1v) is 8.74. The molecule has 0 radical (unpaired) electrons. The molecule has 0 fully saturated rings. The quantitative estimate of drug-likeness (QED) is 0.880. The van der Waals surface area contributed by atoms with Crippen LogP contribution >= 0.6 is 11.3 Å². The van der Waals surface area contributed by atoms with Crippen LogP contribution in [0.1, 0.15) is 28.5 Å². The van der Waals surface area contributed by atoms with E-state index in [0.29, 0.717) is 5.82 Å². The minimum absolute atomic E-state index is 0.137. The second kappa shape index (κ2) is 6.08. The zero-order valence-corrected chi connectivity index (χ0v) is 14.0. The topological polar surface area (TPSA) is 84.0 Å². The van der Waals surface area contributed by atoms with E-state index < -0.39 is 10.0 Å². The van der Waals surface area contributed by atoms with E-state index >= 15 is 0 Å². The van der Waals surface area contributed by atoms with Gasteiger partial charge in [-0.2, -0.15) is 0 Å². The Labute approximate surface area is 128 Å². The van der Waals surface area contributed by atoms with Crippen LogP contribution in [0.2, 0.25) is 0 Å². The maximum Gasteiger partial charge on any atom is 0.244 e. The molecule has 0 aliphatic heterocycles. The Bertz CT molecular complexity index is 740. The molecule has 21 heavy (non-hydrogen) atoms. The third-order valence-corrected chi connectivity index (χ3v) is 5.79. The summed E-state index contributed by atoms with van der Waals surface area (Å²) in [7, 11) is -2.01. The van der Waals surface area contributed by atoms with Gasteiger partial charge in [-0.3, -0.25) is 0 Å². The van der Waals surface area contributed by atoms with Gasteiger partial charge in [0.15, 0.2) is 0 Å². The third-order valence-electron chi connectivity index (χ3n) is 2.96. The zero-order chi connectivity index (χ0) is 15.6. The highest BCUT2D eigenvalue weighted by atomic mass is 32.2. The van der Waals surface area contributed by atoms with E-state index in [1.165, 1.54) is 17.4 Å². The van der Waals surface area contributed by atoms with Crippen molar-refractivity contribution in [2.45, 2.75) is 31.7 Å². The van der Waals surface area contributed by atoms with Crippen LogP contribution in [0.15, 0.2) is 23.2 Å². The molecule has 2 aromatic heterocycles. The van der Waals surface area contributed by atoms with Gasteiger partial charge in [0.2, 0.25) is 10.0 Å². The van der Waals surface area contributed by atoms with Crippen molar-refractivity contribution < 1.29 is 8.42 Å². The van der Waals surface area contributed by atoms with E-state index in [1.807, 2.05) is 20.8 Å². The number of rotatable bonds is 5. The molecule has 0 aromatic carbocycles. The number of nitrogens with zero attached hydrogens (tertiary/aromatic N) is 2. The highest BCUT2D eigenvalue weighted by molar-refractivity contribution is 7.89. The van der Waals surface area contributed by atoms with Crippen molar-refractivity contribution in [1.29, 1.82) is 0 Å². The van der Waals surface area contributed by atoms with Gasteiger partial charge in [0.25, 0.3) is 0 Å². The highest BCUT2D eigenvalue weighted by Crippen LogP contribution is 2.27. The zero-order valence-electron chi connectivity index (χ0n) is 12.3. The molecule has 114 valence electrons. The van der Waals surface area contributed by atoms with Gasteiger partial charge in [0.05, 0.1) is 16.7 Å². The first-order chi connectivity index (χ1) is 9.85. The number of sulfonamides is 1. The largest absolute Gasteiger partial charge is 0.372 e. The van der Waals surface area contributed by atoms with Gasteiger partial charge in [-0.05, 0) is 32.9 Å². The van der Waals surface area contributed by atoms with Crippen molar-refractivity contribution in [1.82, 2.24) is 14.7 Å². The van der Waals surface area contributed by atoms with Gasteiger partial charge < -0.3 is 5.32 Å². The number of thiazole rings is 1. The molecule has 2 rings (SSSR count). The summed E-state index contributed by atoms with van der Waals surface area (Å²) in [6.45, 7) is 5.60. The molecule has 2 heterocycles. The molecule has 0 saturated heterocycles. The number of hydrogen-bond donors (Lipinski definition) is 2. The Hall–Kier alpha value is -1.51. The second-order valence-corrected chi connectivity index (χ2v) is 7.54. The van der Waals surface area contributed by atoms with Crippen LogP contribution in [0.25, 0.3) is 0 Å². The number of pyridine rings is 1. The third kappa shape index (κ3) is 3.39. The lowest BCUT2D eigenvalue weighted by atomic mass is 10.2. The highest BCUT2D eigenvalue weighted by Gasteiger charge is 2.23. The lowest BCUT2D eigenvalue weighted by Gasteiger charge is -2.15. The molecule has 2 aromatic rings. The number of nitrogens with one attached hydrogen (secondary N) is 2. The summed E-state index contributed by atoms with van der Waals surface area (Å²) < 4.78 is 27.7. The van der Waals surface area contributed by atoms with Gasteiger partial charge >= 0.3 is 0 Å². The lowest BCUT2D eigenvalue weighted by molar-refractivity contribution is 0.568. The summed E-state index contributed by atoms with van der Waals surface area (Å²) in [6.07, 6.45) is 1.55. The predicted molar refractivity (Wildman–Crippen MR) is 84.1 cm³/mol. The minimum Gasteiger partial charge on any atom is -0.372 e. The molecule has 0 saturated carbocycles. The molecular formula is C13H18N4O2S2. The summed E-state index contributed by atoms with van der Waals surface area (Å²) in [4.78, 5) is 9.41. The van der Waals surface area contributed by atoms with Crippen molar-refractivity contribution in [3.8, 4) is 0 Å². The van der Waals surface area contributed by atoms with Crippen molar-refractivity contribution in [3.63, 3.8) is 0 Å². The predicted octanol–water partition coefficient (Wildman–Crippen LogP) is 2.24. The van der Waals surface area contributed by atoms with Gasteiger partial charge in [0.1, 0.15) is 10.7 Å². The Kier molecular flexibility index (Phi) is 4.60. The van der Waals surface area contributed by atoms with Crippen LogP contribution in [0.3, 0.4) is 0 Å². The fraction of sp³-hybridized carbons (Fsp3) is 0.385. The van der Waals surface area contributed by atoms with E-state index in [4.69, 9.17) is 0 Å². The Balaban J connectivity index is 2.31. The van der Waals surface area contributed by atoms with Crippen LogP contribution in [0.5, 0.6) is 0 Å². The molecule has 1 unspecified atom stereocenters. The van der Waals surface area contributed by atoms with Crippen molar-refractivity contribution in [2.24, 2.45) is 0 Å². The van der Waals surface area contributed by atoms with Crippen LogP contribution in [-0.2, 0) is 10.0 Å². The summed E-state index contributed by atoms with van der Waals surface area (Å²) in [6, 6.07) is 2.78. The van der Waals surface area contributed by atoms with E-state index in [9.17, 15) is 8.42 Å².